The summed E-state index contributed by atoms with van der Waals surface area (Å²) < 4.78 is 6.21. The monoisotopic (exact) mass is 315 g/mol. The summed E-state index contributed by atoms with van der Waals surface area (Å²) in [5, 5.41) is 7.19. The molecule has 92 valence electrons. The van der Waals surface area contributed by atoms with Crippen LogP contribution in [0.15, 0.2) is 20.4 Å². The molecule has 0 bridgehead atoms. The molecule has 0 aliphatic rings. The molecule has 0 aliphatic heterocycles. The number of aryl methyl sites for hydroxylation is 1. The van der Waals surface area contributed by atoms with Crippen LogP contribution in [0.3, 0.4) is 0 Å². The molecular weight excluding hydrogens is 302 g/mol. The van der Waals surface area contributed by atoms with E-state index >= 15 is 0 Å². The SMILES string of the molecule is Cc1noc(CCNC(C)c2ccc(Br)s2)n1. The zero-order valence-electron chi connectivity index (χ0n) is 9.74. The number of aromatic nitrogens is 2. The Morgan fingerprint density at radius 3 is 2.94 bits per heavy atom. The average Bonchev–Trinajstić information content (AvgIpc) is 2.88. The number of hydrogen-bond acceptors (Lipinski definition) is 5. The van der Waals surface area contributed by atoms with Crippen LogP contribution in [0, 0.1) is 6.92 Å². The van der Waals surface area contributed by atoms with E-state index in [9.17, 15) is 0 Å². The van der Waals surface area contributed by atoms with Gasteiger partial charge in [0.25, 0.3) is 0 Å². The molecular formula is C11H14BrN3OS. The van der Waals surface area contributed by atoms with E-state index in [4.69, 9.17) is 4.52 Å². The Labute approximate surface area is 113 Å². The van der Waals surface area contributed by atoms with Crippen molar-refractivity contribution in [3.05, 3.63) is 32.5 Å². The molecule has 0 spiro atoms. The van der Waals surface area contributed by atoms with Gasteiger partial charge in [-0.05, 0) is 41.9 Å². The molecule has 0 saturated heterocycles. The van der Waals surface area contributed by atoms with E-state index in [-0.39, 0.29) is 0 Å². The third-order valence-corrected chi connectivity index (χ3v) is 4.19. The molecule has 2 aromatic rings. The molecule has 6 heteroatoms. The zero-order chi connectivity index (χ0) is 12.3. The van der Waals surface area contributed by atoms with E-state index in [1.807, 2.05) is 6.92 Å². The Morgan fingerprint density at radius 1 is 1.53 bits per heavy atom. The molecule has 0 aromatic carbocycles. The molecule has 17 heavy (non-hydrogen) atoms. The topological polar surface area (TPSA) is 51.0 Å². The van der Waals surface area contributed by atoms with Crippen molar-refractivity contribution in [2.75, 3.05) is 6.54 Å². The van der Waals surface area contributed by atoms with Crippen molar-refractivity contribution >= 4 is 27.3 Å². The largest absolute Gasteiger partial charge is 0.339 e. The molecule has 2 rings (SSSR count). The first-order chi connectivity index (χ1) is 8.15. The highest BCUT2D eigenvalue weighted by Gasteiger charge is 2.08. The molecule has 1 atom stereocenters. The normalized spacial score (nSPS) is 12.9. The number of rotatable bonds is 5. The third-order valence-electron chi connectivity index (χ3n) is 2.38. The molecule has 0 aliphatic carbocycles. The summed E-state index contributed by atoms with van der Waals surface area (Å²) in [6.07, 6.45) is 0.762. The fourth-order valence-electron chi connectivity index (χ4n) is 1.50. The predicted molar refractivity (Wildman–Crippen MR) is 71.2 cm³/mol. The van der Waals surface area contributed by atoms with Gasteiger partial charge in [-0.2, -0.15) is 4.98 Å². The Hall–Kier alpha value is -0.720. The fraction of sp³-hybridized carbons (Fsp3) is 0.455. The van der Waals surface area contributed by atoms with Gasteiger partial charge in [-0.1, -0.05) is 5.16 Å². The summed E-state index contributed by atoms with van der Waals surface area (Å²) in [7, 11) is 0. The first-order valence-electron chi connectivity index (χ1n) is 5.43. The van der Waals surface area contributed by atoms with Crippen molar-refractivity contribution in [1.29, 1.82) is 0 Å². The maximum Gasteiger partial charge on any atom is 0.227 e. The van der Waals surface area contributed by atoms with Gasteiger partial charge in [0.1, 0.15) is 0 Å². The van der Waals surface area contributed by atoms with E-state index in [0.717, 1.165) is 16.8 Å². The summed E-state index contributed by atoms with van der Waals surface area (Å²) in [5.74, 6) is 1.38. The Morgan fingerprint density at radius 2 is 2.35 bits per heavy atom. The van der Waals surface area contributed by atoms with Crippen molar-refractivity contribution in [3.8, 4) is 0 Å². The Balaban J connectivity index is 1.78. The number of halogens is 1. The molecule has 2 aromatic heterocycles. The highest BCUT2D eigenvalue weighted by atomic mass is 79.9. The first kappa shape index (κ1) is 12.7. The van der Waals surface area contributed by atoms with Crippen molar-refractivity contribution in [2.45, 2.75) is 26.3 Å². The molecule has 0 saturated carbocycles. The average molecular weight is 316 g/mol. The number of hydrogen-bond donors (Lipinski definition) is 1. The van der Waals surface area contributed by atoms with E-state index in [0.29, 0.717) is 17.8 Å². The van der Waals surface area contributed by atoms with Crippen LogP contribution in [0.5, 0.6) is 0 Å². The van der Waals surface area contributed by atoms with Crippen LogP contribution in [-0.4, -0.2) is 16.7 Å². The molecule has 0 amide bonds. The van der Waals surface area contributed by atoms with Crippen LogP contribution < -0.4 is 5.32 Å². The smallest absolute Gasteiger partial charge is 0.227 e. The van der Waals surface area contributed by atoms with Gasteiger partial charge < -0.3 is 9.84 Å². The van der Waals surface area contributed by atoms with Crippen molar-refractivity contribution in [2.24, 2.45) is 0 Å². The predicted octanol–water partition coefficient (Wildman–Crippen LogP) is 3.10. The molecule has 4 nitrogen and oxygen atoms in total. The van der Waals surface area contributed by atoms with Crippen LogP contribution in [-0.2, 0) is 6.42 Å². The molecule has 2 heterocycles. The third kappa shape index (κ3) is 3.62. The lowest BCUT2D eigenvalue weighted by Gasteiger charge is -2.10. The minimum absolute atomic E-state index is 0.343. The van der Waals surface area contributed by atoms with Crippen molar-refractivity contribution in [3.63, 3.8) is 0 Å². The Kier molecular flexibility index (Phi) is 4.31. The summed E-state index contributed by atoms with van der Waals surface area (Å²) in [5.41, 5.74) is 0. The van der Waals surface area contributed by atoms with Gasteiger partial charge >= 0.3 is 0 Å². The minimum Gasteiger partial charge on any atom is -0.339 e. The molecule has 0 fully saturated rings. The van der Waals surface area contributed by atoms with Crippen LogP contribution in [0.4, 0.5) is 0 Å². The highest BCUT2D eigenvalue weighted by Crippen LogP contribution is 2.26. The van der Waals surface area contributed by atoms with Crippen LogP contribution in [0.1, 0.15) is 29.6 Å². The summed E-state index contributed by atoms with van der Waals surface area (Å²) >= 11 is 5.21. The summed E-state index contributed by atoms with van der Waals surface area (Å²) in [4.78, 5) is 5.48. The van der Waals surface area contributed by atoms with Crippen molar-refractivity contribution < 1.29 is 4.52 Å². The van der Waals surface area contributed by atoms with Crippen LogP contribution in [0.2, 0.25) is 0 Å². The van der Waals surface area contributed by atoms with Gasteiger partial charge in [0, 0.05) is 23.9 Å². The van der Waals surface area contributed by atoms with Crippen LogP contribution >= 0.6 is 27.3 Å². The summed E-state index contributed by atoms with van der Waals surface area (Å²) in [6, 6.07) is 4.54. The van der Waals surface area contributed by atoms with Gasteiger partial charge in [-0.25, -0.2) is 0 Å². The molecule has 0 radical (unpaired) electrons. The van der Waals surface area contributed by atoms with Crippen LogP contribution in [0.25, 0.3) is 0 Å². The van der Waals surface area contributed by atoms with Gasteiger partial charge in [0.05, 0.1) is 3.79 Å². The quantitative estimate of drug-likeness (QED) is 0.921. The Bertz CT molecular complexity index is 483. The fourth-order valence-corrected chi connectivity index (χ4v) is 2.95. The lowest BCUT2D eigenvalue weighted by Crippen LogP contribution is -2.20. The standard InChI is InChI=1S/C11H14BrN3OS/c1-7(9-3-4-10(12)17-9)13-6-5-11-14-8(2)15-16-11/h3-4,7,13H,5-6H2,1-2H3. The lowest BCUT2D eigenvalue weighted by atomic mass is 10.2. The van der Waals surface area contributed by atoms with Crippen molar-refractivity contribution in [1.82, 2.24) is 15.5 Å². The van der Waals surface area contributed by atoms with Gasteiger partial charge in [0.2, 0.25) is 5.89 Å². The summed E-state index contributed by atoms with van der Waals surface area (Å²) in [6.45, 7) is 4.81. The van der Waals surface area contributed by atoms with E-state index < -0.39 is 0 Å². The molecule has 1 N–H and O–H groups in total. The number of nitrogens with one attached hydrogen (secondary N) is 1. The van der Waals surface area contributed by atoms with E-state index in [2.05, 4.69) is 50.4 Å². The van der Waals surface area contributed by atoms with Gasteiger partial charge in [-0.15, -0.1) is 11.3 Å². The highest BCUT2D eigenvalue weighted by molar-refractivity contribution is 9.11. The second-order valence-corrected chi connectivity index (χ2v) is 6.30. The van der Waals surface area contributed by atoms with Gasteiger partial charge in [0.15, 0.2) is 5.82 Å². The number of thiophene rings is 1. The van der Waals surface area contributed by atoms with Gasteiger partial charge in [-0.3, -0.25) is 0 Å². The molecule has 1 unspecified atom stereocenters. The van der Waals surface area contributed by atoms with E-state index in [1.165, 1.54) is 4.88 Å². The van der Waals surface area contributed by atoms with E-state index in [1.54, 1.807) is 11.3 Å². The zero-order valence-corrected chi connectivity index (χ0v) is 12.1. The first-order valence-corrected chi connectivity index (χ1v) is 7.04. The second-order valence-electron chi connectivity index (χ2n) is 3.80. The maximum absolute atomic E-state index is 5.05. The number of nitrogens with zero attached hydrogens (tertiary/aromatic N) is 2. The maximum atomic E-state index is 5.05. The minimum atomic E-state index is 0.343. The second kappa shape index (κ2) is 5.75. The lowest BCUT2D eigenvalue weighted by molar-refractivity contribution is 0.370.